The number of benzene rings is 2. The molecule has 2 aromatic carbocycles. The average molecular weight is 602 g/mol. The Bertz CT molecular complexity index is 1890. The highest BCUT2D eigenvalue weighted by Gasteiger charge is 2.27. The Morgan fingerprint density at radius 2 is 2.07 bits per heavy atom. The van der Waals surface area contributed by atoms with Crippen molar-refractivity contribution in [3.63, 3.8) is 0 Å². The van der Waals surface area contributed by atoms with Crippen LogP contribution in [-0.2, 0) is 32.5 Å². The number of aliphatic hydroxyl groups excluding tert-OH is 1. The Morgan fingerprint density at radius 1 is 1.14 bits per heavy atom. The summed E-state index contributed by atoms with van der Waals surface area (Å²) in [7, 11) is 0. The van der Waals surface area contributed by atoms with Gasteiger partial charge in [-0.15, -0.1) is 11.3 Å². The third kappa shape index (κ3) is 5.22. The molecule has 0 saturated carbocycles. The first-order valence-corrected chi connectivity index (χ1v) is 14.6. The van der Waals surface area contributed by atoms with Gasteiger partial charge in [-0.1, -0.05) is 23.7 Å². The summed E-state index contributed by atoms with van der Waals surface area (Å²) in [6, 6.07) is 11.7. The predicted octanol–water partition coefficient (Wildman–Crippen LogP) is 6.03. The molecule has 2 N–H and O–H groups in total. The molecule has 0 amide bonds. The summed E-state index contributed by atoms with van der Waals surface area (Å²) in [6.45, 7) is 1.07. The third-order valence-corrected chi connectivity index (χ3v) is 8.70. The van der Waals surface area contributed by atoms with Crippen LogP contribution in [0.3, 0.4) is 0 Å². The first-order chi connectivity index (χ1) is 20.5. The molecule has 1 aliphatic rings. The Hall–Kier alpha value is -4.32. The fourth-order valence-electron chi connectivity index (χ4n) is 5.32. The molecular weight excluding hydrogens is 577 g/mol. The quantitative estimate of drug-likeness (QED) is 0.209. The van der Waals surface area contributed by atoms with Crippen LogP contribution in [-0.4, -0.2) is 40.5 Å². The molecule has 0 bridgehead atoms. The maximum absolute atomic E-state index is 13.5. The number of aromatic nitrogens is 6. The number of thiophene rings is 1. The van der Waals surface area contributed by atoms with Crippen LogP contribution in [0.5, 0.6) is 5.75 Å². The van der Waals surface area contributed by atoms with E-state index in [0.717, 1.165) is 50.4 Å². The minimum atomic E-state index is -0.585. The molecule has 0 spiro atoms. The number of nitrogens with one attached hydrogen (secondary N) is 1. The maximum Gasteiger partial charge on any atom is 0.142 e. The van der Waals surface area contributed by atoms with Crippen LogP contribution in [0.25, 0.3) is 20.7 Å². The van der Waals surface area contributed by atoms with Crippen molar-refractivity contribution in [2.24, 2.45) is 0 Å². The fraction of sp³-hybridized carbons (Fsp3) is 0.200. The highest BCUT2D eigenvalue weighted by molar-refractivity contribution is 7.22. The molecule has 7 rings (SSSR count). The summed E-state index contributed by atoms with van der Waals surface area (Å²) < 4.78 is 23.1. The largest absolute Gasteiger partial charge is 0.487 e. The Balaban J connectivity index is 1.11. The number of aliphatic hydroxyl groups is 1. The fourth-order valence-corrected chi connectivity index (χ4v) is 6.78. The van der Waals surface area contributed by atoms with Gasteiger partial charge in [-0.05, 0) is 54.3 Å². The minimum Gasteiger partial charge on any atom is -0.487 e. The number of ether oxygens (including phenoxy) is 1. The zero-order valence-electron chi connectivity index (χ0n) is 22.2. The lowest BCUT2D eigenvalue weighted by Gasteiger charge is -2.18. The van der Waals surface area contributed by atoms with Crippen molar-refractivity contribution in [3.05, 3.63) is 101 Å². The van der Waals surface area contributed by atoms with E-state index in [1.165, 1.54) is 17.7 Å². The van der Waals surface area contributed by atoms with Gasteiger partial charge in [-0.25, -0.2) is 19.3 Å². The van der Waals surface area contributed by atoms with Gasteiger partial charge in [0.15, 0.2) is 0 Å². The molecule has 9 nitrogen and oxygen atoms in total. The topological polar surface area (TPSA) is 103 Å². The lowest BCUT2D eigenvalue weighted by atomic mass is 9.95. The van der Waals surface area contributed by atoms with E-state index in [4.69, 9.17) is 16.3 Å². The van der Waals surface area contributed by atoms with Crippen molar-refractivity contribution in [1.29, 1.82) is 0 Å². The molecule has 4 heterocycles. The van der Waals surface area contributed by atoms with E-state index in [-0.39, 0.29) is 12.4 Å². The van der Waals surface area contributed by atoms with E-state index >= 15 is 0 Å². The molecule has 0 aliphatic heterocycles. The smallest absolute Gasteiger partial charge is 0.142 e. The molecule has 12 heteroatoms. The molecular formula is C30H25ClFN7O2S. The second kappa shape index (κ2) is 11.2. The monoisotopic (exact) mass is 601 g/mol. The molecule has 0 saturated heterocycles. The van der Waals surface area contributed by atoms with E-state index < -0.39 is 6.10 Å². The summed E-state index contributed by atoms with van der Waals surface area (Å²) in [6.07, 6.45) is 9.69. The van der Waals surface area contributed by atoms with E-state index in [1.807, 2.05) is 27.7 Å². The summed E-state index contributed by atoms with van der Waals surface area (Å²) in [5.41, 5.74) is 4.85. The van der Waals surface area contributed by atoms with Crippen molar-refractivity contribution < 1.29 is 14.2 Å². The van der Waals surface area contributed by atoms with Gasteiger partial charge in [-0.3, -0.25) is 4.68 Å². The lowest BCUT2D eigenvalue weighted by Crippen LogP contribution is -2.24. The van der Waals surface area contributed by atoms with Crippen LogP contribution in [0.15, 0.2) is 73.7 Å². The number of imidazole rings is 1. The zero-order chi connectivity index (χ0) is 28.6. The molecule has 1 atom stereocenters. The number of halogens is 2. The maximum atomic E-state index is 13.5. The summed E-state index contributed by atoms with van der Waals surface area (Å²) >= 11 is 8.16. The van der Waals surface area contributed by atoms with Crippen molar-refractivity contribution in [2.75, 3.05) is 5.32 Å². The van der Waals surface area contributed by atoms with Crippen LogP contribution < -0.4 is 10.1 Å². The number of anilines is 2. The molecule has 42 heavy (non-hydrogen) atoms. The number of hydrogen-bond acceptors (Lipinski definition) is 8. The third-order valence-electron chi connectivity index (χ3n) is 7.23. The van der Waals surface area contributed by atoms with E-state index in [9.17, 15) is 9.50 Å². The van der Waals surface area contributed by atoms with Crippen LogP contribution in [0.4, 0.5) is 15.9 Å². The van der Waals surface area contributed by atoms with Crippen LogP contribution in [0, 0.1) is 5.82 Å². The Kier molecular flexibility index (Phi) is 7.06. The Labute approximate surface area is 249 Å². The van der Waals surface area contributed by atoms with E-state index in [1.54, 1.807) is 54.5 Å². The van der Waals surface area contributed by atoms with Crippen molar-refractivity contribution >= 4 is 44.7 Å². The zero-order valence-corrected chi connectivity index (χ0v) is 23.8. The van der Waals surface area contributed by atoms with Crippen molar-refractivity contribution in [2.45, 2.75) is 38.6 Å². The van der Waals surface area contributed by atoms with Crippen LogP contribution in [0.1, 0.15) is 16.8 Å². The SMILES string of the molecule is O[C@H](Cn1ccnc1)Cn1ncc2c1CCc1c-2sc2ncnc(Nc3ccc(OCc4cccc(F)c4)c(Cl)c3)c12. The number of aryl methyl sites for hydroxylation is 1. The van der Waals surface area contributed by atoms with Gasteiger partial charge in [0.2, 0.25) is 0 Å². The van der Waals surface area contributed by atoms with Gasteiger partial charge in [0, 0.05) is 34.2 Å². The first kappa shape index (κ1) is 26.6. The van der Waals surface area contributed by atoms with Gasteiger partial charge in [0.25, 0.3) is 0 Å². The number of rotatable bonds is 9. The Morgan fingerprint density at radius 3 is 2.90 bits per heavy atom. The van der Waals surface area contributed by atoms with Crippen molar-refractivity contribution in [3.8, 4) is 16.2 Å². The molecule has 6 aromatic rings. The van der Waals surface area contributed by atoms with E-state index in [2.05, 4.69) is 25.4 Å². The number of nitrogens with zero attached hydrogens (tertiary/aromatic N) is 6. The molecule has 0 unspecified atom stereocenters. The number of fused-ring (bicyclic) bond motifs is 5. The highest BCUT2D eigenvalue weighted by Crippen LogP contribution is 2.45. The lowest BCUT2D eigenvalue weighted by molar-refractivity contribution is 0.129. The molecule has 4 aromatic heterocycles. The normalized spacial score (nSPS) is 13.1. The molecule has 0 fully saturated rings. The molecule has 1 aliphatic carbocycles. The first-order valence-electron chi connectivity index (χ1n) is 13.4. The summed E-state index contributed by atoms with van der Waals surface area (Å²) in [5.74, 6) is 0.902. The second-order valence-electron chi connectivity index (χ2n) is 10.1. The summed E-state index contributed by atoms with van der Waals surface area (Å²) in [4.78, 5) is 15.2. The highest BCUT2D eigenvalue weighted by atomic mass is 35.5. The summed E-state index contributed by atoms with van der Waals surface area (Å²) in [5, 5.41) is 20.1. The van der Waals surface area contributed by atoms with Crippen LogP contribution >= 0.6 is 22.9 Å². The van der Waals surface area contributed by atoms with Gasteiger partial charge >= 0.3 is 0 Å². The standard InChI is InChI=1S/C30H25ClFN7O2S/c31-24-11-20(4-7-26(24)41-15-18-2-1-3-19(32)10-18)37-29-27-22-5-6-25-23(28(22)42-30(27)35-16-34-29)12-36-39(25)14-21(40)13-38-9-8-33-17-38/h1-4,7-12,16-17,21,40H,5-6,13-15H2,(H,34,35,37)/t21-/m1/s1. The number of hydrogen-bond donors (Lipinski definition) is 2. The van der Waals surface area contributed by atoms with Crippen LogP contribution in [0.2, 0.25) is 5.02 Å². The second-order valence-corrected chi connectivity index (χ2v) is 11.5. The molecule has 212 valence electrons. The van der Waals surface area contributed by atoms with Crippen molar-refractivity contribution in [1.82, 2.24) is 29.3 Å². The predicted molar refractivity (Wildman–Crippen MR) is 160 cm³/mol. The van der Waals surface area contributed by atoms with Gasteiger partial charge in [0.1, 0.15) is 35.1 Å². The van der Waals surface area contributed by atoms with Gasteiger partial charge in [0.05, 0.1) is 42.1 Å². The average Bonchev–Trinajstić information content (AvgIpc) is 3.72. The van der Waals surface area contributed by atoms with Gasteiger partial charge in [-0.2, -0.15) is 5.10 Å². The molecule has 0 radical (unpaired) electrons. The minimum absolute atomic E-state index is 0.208. The van der Waals surface area contributed by atoms with Gasteiger partial charge < -0.3 is 19.7 Å². The van der Waals surface area contributed by atoms with E-state index in [0.29, 0.717) is 29.7 Å².